The zero-order chi connectivity index (χ0) is 15.7. The molecule has 1 fully saturated rings. The molecule has 1 rings (SSSR count). The van der Waals surface area contributed by atoms with Gasteiger partial charge >= 0.3 is 5.97 Å². The molecule has 0 bridgehead atoms. The number of esters is 1. The number of unbranched alkanes of at least 4 members (excludes halogenated alkanes) is 1. The molecule has 0 aromatic carbocycles. The standard InChI is InChI=1S/C17H34N2O2/c1-5-9-15-10-13-19(14-15)12-8-7-11-17(3,18-4)16(20)21-6-2/h15,18H,5-14H2,1-4H3. The number of carbonyl (C=O) groups is 1. The van der Waals surface area contributed by atoms with Crippen molar-refractivity contribution in [3.63, 3.8) is 0 Å². The van der Waals surface area contributed by atoms with Crippen LogP contribution in [0.1, 0.15) is 59.3 Å². The number of hydrogen-bond acceptors (Lipinski definition) is 4. The summed E-state index contributed by atoms with van der Waals surface area (Å²) in [6, 6.07) is 0. The quantitative estimate of drug-likeness (QED) is 0.497. The van der Waals surface area contributed by atoms with Gasteiger partial charge in [-0.15, -0.1) is 0 Å². The molecule has 124 valence electrons. The Labute approximate surface area is 130 Å². The second-order valence-electron chi connectivity index (χ2n) is 6.50. The lowest BCUT2D eigenvalue weighted by atomic mass is 9.95. The van der Waals surface area contributed by atoms with Gasteiger partial charge in [-0.1, -0.05) is 13.3 Å². The minimum Gasteiger partial charge on any atom is -0.465 e. The first kappa shape index (κ1) is 18.4. The molecule has 2 atom stereocenters. The third-order valence-corrected chi connectivity index (χ3v) is 4.75. The van der Waals surface area contributed by atoms with E-state index in [0.717, 1.165) is 25.2 Å². The van der Waals surface area contributed by atoms with Crippen LogP contribution in [0.4, 0.5) is 0 Å². The fourth-order valence-corrected chi connectivity index (χ4v) is 3.19. The van der Waals surface area contributed by atoms with E-state index >= 15 is 0 Å². The van der Waals surface area contributed by atoms with Crippen molar-refractivity contribution in [2.45, 2.75) is 64.8 Å². The lowest BCUT2D eigenvalue weighted by Gasteiger charge is -2.27. The lowest BCUT2D eigenvalue weighted by molar-refractivity contribution is -0.150. The van der Waals surface area contributed by atoms with Crippen LogP contribution in [-0.4, -0.2) is 49.7 Å². The summed E-state index contributed by atoms with van der Waals surface area (Å²) in [5, 5.41) is 3.13. The molecule has 0 saturated carbocycles. The van der Waals surface area contributed by atoms with E-state index in [1.165, 1.54) is 38.9 Å². The van der Waals surface area contributed by atoms with E-state index in [2.05, 4.69) is 17.1 Å². The number of likely N-dealkylation sites (N-methyl/N-ethyl adjacent to an activating group) is 1. The third kappa shape index (κ3) is 5.95. The predicted molar refractivity (Wildman–Crippen MR) is 87.4 cm³/mol. The molecule has 0 aromatic rings. The Balaban J connectivity index is 2.22. The Morgan fingerprint density at radius 2 is 2.14 bits per heavy atom. The Bertz CT molecular complexity index is 309. The zero-order valence-electron chi connectivity index (χ0n) is 14.4. The summed E-state index contributed by atoms with van der Waals surface area (Å²) >= 11 is 0. The second-order valence-corrected chi connectivity index (χ2v) is 6.50. The molecule has 0 aliphatic carbocycles. The normalized spacial score (nSPS) is 22.2. The minimum absolute atomic E-state index is 0.128. The Morgan fingerprint density at radius 3 is 2.76 bits per heavy atom. The predicted octanol–water partition coefficient (Wildman–Crippen LogP) is 2.82. The molecule has 4 heteroatoms. The van der Waals surface area contributed by atoms with Gasteiger partial charge in [-0.2, -0.15) is 0 Å². The van der Waals surface area contributed by atoms with Gasteiger partial charge in [0.2, 0.25) is 0 Å². The fourth-order valence-electron chi connectivity index (χ4n) is 3.19. The second kappa shape index (κ2) is 9.42. The minimum atomic E-state index is -0.536. The first-order valence-corrected chi connectivity index (χ1v) is 8.64. The van der Waals surface area contributed by atoms with E-state index in [9.17, 15) is 4.79 Å². The van der Waals surface area contributed by atoms with Crippen molar-refractivity contribution in [2.75, 3.05) is 33.3 Å². The van der Waals surface area contributed by atoms with Crippen LogP contribution < -0.4 is 5.32 Å². The number of nitrogens with one attached hydrogen (secondary N) is 1. The van der Waals surface area contributed by atoms with Crippen molar-refractivity contribution in [1.29, 1.82) is 0 Å². The average molecular weight is 298 g/mol. The van der Waals surface area contributed by atoms with Crippen LogP contribution >= 0.6 is 0 Å². The molecular weight excluding hydrogens is 264 g/mol. The molecule has 2 unspecified atom stereocenters. The van der Waals surface area contributed by atoms with E-state index in [0.29, 0.717) is 6.61 Å². The molecule has 1 N–H and O–H groups in total. The number of likely N-dealkylation sites (tertiary alicyclic amines) is 1. The molecule has 0 amide bonds. The first-order valence-electron chi connectivity index (χ1n) is 8.64. The molecule has 4 nitrogen and oxygen atoms in total. The summed E-state index contributed by atoms with van der Waals surface area (Å²) in [5.41, 5.74) is -0.536. The number of rotatable bonds is 10. The van der Waals surface area contributed by atoms with Gasteiger partial charge in [0.1, 0.15) is 5.54 Å². The SMILES string of the molecule is CCCC1CCN(CCCCC(C)(NC)C(=O)OCC)C1. The molecule has 1 heterocycles. The van der Waals surface area contributed by atoms with Gasteiger partial charge in [0.15, 0.2) is 0 Å². The maximum Gasteiger partial charge on any atom is 0.326 e. The summed E-state index contributed by atoms with van der Waals surface area (Å²) in [6.07, 6.45) is 7.11. The first-order chi connectivity index (χ1) is 10.1. The largest absolute Gasteiger partial charge is 0.465 e. The van der Waals surface area contributed by atoms with Crippen LogP contribution in [0.3, 0.4) is 0 Å². The summed E-state index contributed by atoms with van der Waals surface area (Å²) in [7, 11) is 1.84. The highest BCUT2D eigenvalue weighted by molar-refractivity contribution is 5.80. The van der Waals surface area contributed by atoms with Crippen molar-refractivity contribution in [3.8, 4) is 0 Å². The van der Waals surface area contributed by atoms with Crippen LogP contribution in [0.5, 0.6) is 0 Å². The van der Waals surface area contributed by atoms with Gasteiger partial charge in [0.05, 0.1) is 6.61 Å². The van der Waals surface area contributed by atoms with Crippen molar-refractivity contribution in [2.24, 2.45) is 5.92 Å². The highest BCUT2D eigenvalue weighted by Crippen LogP contribution is 2.22. The summed E-state index contributed by atoms with van der Waals surface area (Å²) < 4.78 is 5.16. The van der Waals surface area contributed by atoms with Gasteiger partial charge in [0.25, 0.3) is 0 Å². The van der Waals surface area contributed by atoms with Gasteiger partial charge in [-0.3, -0.25) is 4.79 Å². The zero-order valence-corrected chi connectivity index (χ0v) is 14.4. The topological polar surface area (TPSA) is 41.6 Å². The van der Waals surface area contributed by atoms with Crippen LogP contribution in [0.25, 0.3) is 0 Å². The molecule has 0 spiro atoms. The summed E-state index contributed by atoms with van der Waals surface area (Å²) in [6.45, 7) is 10.2. The molecule has 0 radical (unpaired) electrons. The van der Waals surface area contributed by atoms with Crippen molar-refractivity contribution in [1.82, 2.24) is 10.2 Å². The smallest absolute Gasteiger partial charge is 0.326 e. The monoisotopic (exact) mass is 298 g/mol. The average Bonchev–Trinajstić information content (AvgIpc) is 2.91. The van der Waals surface area contributed by atoms with Crippen LogP contribution in [0, 0.1) is 5.92 Å². The maximum absolute atomic E-state index is 12.0. The maximum atomic E-state index is 12.0. The van der Waals surface area contributed by atoms with Crippen molar-refractivity contribution >= 4 is 5.97 Å². The van der Waals surface area contributed by atoms with E-state index in [1.54, 1.807) is 0 Å². The third-order valence-electron chi connectivity index (χ3n) is 4.75. The van der Waals surface area contributed by atoms with E-state index < -0.39 is 5.54 Å². The summed E-state index contributed by atoms with van der Waals surface area (Å²) in [5.74, 6) is 0.786. The highest BCUT2D eigenvalue weighted by Gasteiger charge is 2.32. The van der Waals surface area contributed by atoms with E-state index in [4.69, 9.17) is 4.74 Å². The van der Waals surface area contributed by atoms with E-state index in [1.807, 2.05) is 20.9 Å². The number of hydrogen-bond donors (Lipinski definition) is 1. The van der Waals surface area contributed by atoms with Gasteiger partial charge in [-0.25, -0.2) is 0 Å². The van der Waals surface area contributed by atoms with Crippen LogP contribution in [0.2, 0.25) is 0 Å². The van der Waals surface area contributed by atoms with Gasteiger partial charge in [0, 0.05) is 6.54 Å². The Hall–Kier alpha value is -0.610. The van der Waals surface area contributed by atoms with Crippen LogP contribution in [-0.2, 0) is 9.53 Å². The number of ether oxygens (including phenoxy) is 1. The summed E-state index contributed by atoms with van der Waals surface area (Å²) in [4.78, 5) is 14.6. The Kier molecular flexibility index (Phi) is 8.27. The molecule has 21 heavy (non-hydrogen) atoms. The van der Waals surface area contributed by atoms with Crippen molar-refractivity contribution in [3.05, 3.63) is 0 Å². The number of nitrogens with zero attached hydrogens (tertiary/aromatic N) is 1. The van der Waals surface area contributed by atoms with Crippen LogP contribution in [0.15, 0.2) is 0 Å². The highest BCUT2D eigenvalue weighted by atomic mass is 16.5. The van der Waals surface area contributed by atoms with Crippen molar-refractivity contribution < 1.29 is 9.53 Å². The molecule has 1 aliphatic rings. The van der Waals surface area contributed by atoms with E-state index in [-0.39, 0.29) is 5.97 Å². The number of carbonyl (C=O) groups excluding carboxylic acids is 1. The fraction of sp³-hybridized carbons (Fsp3) is 0.941. The van der Waals surface area contributed by atoms with Gasteiger partial charge < -0.3 is 15.0 Å². The Morgan fingerprint density at radius 1 is 1.38 bits per heavy atom. The molecule has 0 aromatic heterocycles. The van der Waals surface area contributed by atoms with Gasteiger partial charge in [-0.05, 0) is 72.0 Å². The molecule has 1 aliphatic heterocycles. The molecular formula is C17H34N2O2. The molecule has 1 saturated heterocycles. The lowest BCUT2D eigenvalue weighted by Crippen LogP contribution is -2.48.